The summed E-state index contributed by atoms with van der Waals surface area (Å²) in [7, 11) is -3.14. The second-order valence-corrected chi connectivity index (χ2v) is 9.12. The minimum Gasteiger partial charge on any atom is -0.379 e. The van der Waals surface area contributed by atoms with Crippen molar-refractivity contribution in [3.8, 4) is 0 Å². The third kappa shape index (κ3) is 5.40. The fourth-order valence-electron chi connectivity index (χ4n) is 3.49. The lowest BCUT2D eigenvalue weighted by atomic mass is 9.96. The summed E-state index contributed by atoms with van der Waals surface area (Å²) in [5.41, 5.74) is 0. The summed E-state index contributed by atoms with van der Waals surface area (Å²) < 4.78 is 29.9. The molecule has 1 amide bonds. The first-order valence-corrected chi connectivity index (χ1v) is 10.7. The lowest BCUT2D eigenvalue weighted by Crippen LogP contribution is -2.52. The molecule has 0 spiro atoms. The van der Waals surface area contributed by atoms with E-state index in [9.17, 15) is 13.2 Å². The number of nitrogens with one attached hydrogen (secondary N) is 1. The van der Waals surface area contributed by atoms with Gasteiger partial charge in [-0.05, 0) is 18.8 Å². The maximum absolute atomic E-state index is 12.4. The average molecular weight is 362 g/mol. The van der Waals surface area contributed by atoms with Gasteiger partial charge >= 0.3 is 0 Å². The predicted octanol–water partition coefficient (Wildman–Crippen LogP) is 0.131. The molecule has 0 bridgehead atoms. The van der Waals surface area contributed by atoms with Crippen LogP contribution in [0.2, 0.25) is 0 Å². The van der Waals surface area contributed by atoms with Gasteiger partial charge in [0.2, 0.25) is 15.9 Å². The molecule has 0 aromatic rings. The van der Waals surface area contributed by atoms with Crippen molar-refractivity contribution in [3.05, 3.63) is 0 Å². The smallest absolute Gasteiger partial charge is 0.223 e. The molecule has 0 aromatic carbocycles. The van der Waals surface area contributed by atoms with Crippen molar-refractivity contribution in [1.29, 1.82) is 0 Å². The van der Waals surface area contributed by atoms with Crippen LogP contribution in [0, 0.1) is 11.8 Å². The Hall–Kier alpha value is -0.700. The molecule has 1 unspecified atom stereocenters. The van der Waals surface area contributed by atoms with Crippen LogP contribution < -0.4 is 5.32 Å². The number of morpholine rings is 1. The highest BCUT2D eigenvalue weighted by atomic mass is 32.2. The Balaban J connectivity index is 1.81. The van der Waals surface area contributed by atoms with Crippen molar-refractivity contribution < 1.29 is 17.9 Å². The number of rotatable bonds is 6. The summed E-state index contributed by atoms with van der Waals surface area (Å²) >= 11 is 0. The van der Waals surface area contributed by atoms with Crippen LogP contribution in [-0.4, -0.2) is 81.8 Å². The van der Waals surface area contributed by atoms with Crippen molar-refractivity contribution in [2.75, 3.05) is 52.2 Å². The number of piperidine rings is 1. The molecule has 7 nitrogen and oxygen atoms in total. The standard InChI is InChI=1S/C16H31N3O4S/c1-13(2)15(18-8-10-23-11-9-18)12-17-16(20)14-4-6-19(7-5-14)24(3,21)22/h13-15H,4-12H2,1-3H3,(H,17,20). The Bertz CT molecular complexity index is 509. The van der Waals surface area contributed by atoms with Crippen LogP contribution in [0.25, 0.3) is 0 Å². The molecule has 24 heavy (non-hydrogen) atoms. The van der Waals surface area contributed by atoms with E-state index in [1.165, 1.54) is 10.6 Å². The first-order chi connectivity index (χ1) is 11.3. The molecular weight excluding hydrogens is 330 g/mol. The monoisotopic (exact) mass is 361 g/mol. The Morgan fingerprint density at radius 3 is 2.25 bits per heavy atom. The van der Waals surface area contributed by atoms with Crippen LogP contribution in [0.15, 0.2) is 0 Å². The molecule has 1 N–H and O–H groups in total. The van der Waals surface area contributed by atoms with Crippen LogP contribution in [0.5, 0.6) is 0 Å². The Kier molecular flexibility index (Phi) is 7.03. The van der Waals surface area contributed by atoms with Crippen molar-refractivity contribution in [2.45, 2.75) is 32.7 Å². The molecule has 0 aromatic heterocycles. The van der Waals surface area contributed by atoms with Gasteiger partial charge in [-0.2, -0.15) is 0 Å². The number of nitrogens with zero attached hydrogens (tertiary/aromatic N) is 2. The van der Waals surface area contributed by atoms with E-state index < -0.39 is 10.0 Å². The highest BCUT2D eigenvalue weighted by Gasteiger charge is 2.30. The molecular formula is C16H31N3O4S. The number of hydrogen-bond donors (Lipinski definition) is 1. The minimum absolute atomic E-state index is 0.0575. The molecule has 0 radical (unpaired) electrons. The van der Waals surface area contributed by atoms with Crippen LogP contribution in [0.1, 0.15) is 26.7 Å². The van der Waals surface area contributed by atoms with E-state index in [2.05, 4.69) is 24.1 Å². The van der Waals surface area contributed by atoms with Crippen molar-refractivity contribution >= 4 is 15.9 Å². The van der Waals surface area contributed by atoms with Gasteiger partial charge in [-0.1, -0.05) is 13.8 Å². The van der Waals surface area contributed by atoms with Crippen LogP contribution in [-0.2, 0) is 19.6 Å². The quantitative estimate of drug-likeness (QED) is 0.728. The zero-order valence-electron chi connectivity index (χ0n) is 15.0. The fourth-order valence-corrected chi connectivity index (χ4v) is 4.37. The Morgan fingerprint density at radius 2 is 1.75 bits per heavy atom. The molecule has 0 saturated carbocycles. The minimum atomic E-state index is -3.14. The van der Waals surface area contributed by atoms with Gasteiger partial charge in [0.15, 0.2) is 0 Å². The molecule has 2 saturated heterocycles. The lowest BCUT2D eigenvalue weighted by molar-refractivity contribution is -0.126. The summed E-state index contributed by atoms with van der Waals surface area (Å²) in [4.78, 5) is 14.8. The SMILES string of the molecule is CC(C)C(CNC(=O)C1CCN(S(C)(=O)=O)CC1)N1CCOCC1. The molecule has 2 aliphatic heterocycles. The van der Waals surface area contributed by atoms with E-state index in [1.807, 2.05) is 0 Å². The van der Waals surface area contributed by atoms with Crippen molar-refractivity contribution in [2.24, 2.45) is 11.8 Å². The molecule has 2 fully saturated rings. The zero-order valence-corrected chi connectivity index (χ0v) is 15.8. The number of carbonyl (C=O) groups is 1. The van der Waals surface area contributed by atoms with Crippen molar-refractivity contribution in [3.63, 3.8) is 0 Å². The zero-order chi connectivity index (χ0) is 17.7. The van der Waals surface area contributed by atoms with Gasteiger partial charge in [0.05, 0.1) is 19.5 Å². The maximum atomic E-state index is 12.4. The van der Waals surface area contributed by atoms with Crippen LogP contribution in [0.3, 0.4) is 0 Å². The van der Waals surface area contributed by atoms with Gasteiger partial charge in [-0.3, -0.25) is 9.69 Å². The molecule has 8 heteroatoms. The summed E-state index contributed by atoms with van der Waals surface area (Å²) in [6.07, 6.45) is 2.43. The van der Waals surface area contributed by atoms with Crippen molar-refractivity contribution in [1.82, 2.24) is 14.5 Å². The van der Waals surface area contributed by atoms with E-state index in [0.29, 0.717) is 44.4 Å². The Labute approximate surface area is 145 Å². The largest absolute Gasteiger partial charge is 0.379 e. The number of hydrogen-bond acceptors (Lipinski definition) is 5. The summed E-state index contributed by atoms with van der Waals surface area (Å²) in [5, 5.41) is 3.10. The highest BCUT2D eigenvalue weighted by molar-refractivity contribution is 7.88. The molecule has 1 atom stereocenters. The lowest BCUT2D eigenvalue weighted by Gasteiger charge is -2.37. The molecule has 2 rings (SSSR count). The van der Waals surface area contributed by atoms with Crippen LogP contribution >= 0.6 is 0 Å². The van der Waals surface area contributed by atoms with E-state index in [0.717, 1.165) is 26.3 Å². The first-order valence-electron chi connectivity index (χ1n) is 8.83. The second-order valence-electron chi connectivity index (χ2n) is 7.14. The van der Waals surface area contributed by atoms with E-state index >= 15 is 0 Å². The number of ether oxygens (including phenoxy) is 1. The van der Waals surface area contributed by atoms with Gasteiger partial charge < -0.3 is 10.1 Å². The molecule has 2 aliphatic rings. The van der Waals surface area contributed by atoms with Gasteiger partial charge in [-0.25, -0.2) is 12.7 Å². The van der Waals surface area contributed by atoms with Gasteiger partial charge in [0, 0.05) is 44.7 Å². The topological polar surface area (TPSA) is 79.0 Å². The Morgan fingerprint density at radius 1 is 1.17 bits per heavy atom. The summed E-state index contributed by atoms with van der Waals surface area (Å²) in [5.74, 6) is 0.429. The predicted molar refractivity (Wildman–Crippen MR) is 93.2 cm³/mol. The van der Waals surface area contributed by atoms with Gasteiger partial charge in [0.25, 0.3) is 0 Å². The third-order valence-corrected chi connectivity index (χ3v) is 6.37. The second kappa shape index (κ2) is 8.60. The third-order valence-electron chi connectivity index (χ3n) is 5.06. The number of carbonyl (C=O) groups excluding carboxylic acids is 1. The summed E-state index contributed by atoms with van der Waals surface area (Å²) in [6, 6.07) is 0.314. The van der Waals surface area contributed by atoms with Gasteiger partial charge in [0.1, 0.15) is 0 Å². The number of amides is 1. The number of sulfonamides is 1. The van der Waals surface area contributed by atoms with E-state index in [4.69, 9.17) is 4.74 Å². The maximum Gasteiger partial charge on any atom is 0.223 e. The first kappa shape index (κ1) is 19.6. The highest BCUT2D eigenvalue weighted by Crippen LogP contribution is 2.19. The molecule has 140 valence electrons. The van der Waals surface area contributed by atoms with Gasteiger partial charge in [-0.15, -0.1) is 0 Å². The van der Waals surface area contributed by atoms with Crippen LogP contribution in [0.4, 0.5) is 0 Å². The van der Waals surface area contributed by atoms with E-state index in [-0.39, 0.29) is 11.8 Å². The molecule has 0 aliphatic carbocycles. The average Bonchev–Trinajstić information content (AvgIpc) is 2.55. The normalized spacial score (nSPS) is 23.3. The van der Waals surface area contributed by atoms with E-state index in [1.54, 1.807) is 0 Å². The summed E-state index contributed by atoms with van der Waals surface area (Å²) in [6.45, 7) is 9.19. The molecule has 2 heterocycles. The fraction of sp³-hybridized carbons (Fsp3) is 0.938.